The zero-order chi connectivity index (χ0) is 15.6. The van der Waals surface area contributed by atoms with Gasteiger partial charge in [-0.3, -0.25) is 0 Å². The van der Waals surface area contributed by atoms with Crippen molar-refractivity contribution in [1.29, 1.82) is 0 Å². The molecule has 0 bridgehead atoms. The van der Waals surface area contributed by atoms with E-state index in [-0.39, 0.29) is 0 Å². The maximum Gasteiger partial charge on any atom is -0.0181 e. The molecule has 1 atom stereocenters. The van der Waals surface area contributed by atoms with Crippen LogP contribution in [-0.4, -0.2) is 0 Å². The van der Waals surface area contributed by atoms with Crippen molar-refractivity contribution in [2.24, 2.45) is 5.92 Å². The predicted molar refractivity (Wildman–Crippen MR) is 99.4 cm³/mol. The fraction of sp³-hybridized carbons (Fsp3) is 0.545. The lowest BCUT2D eigenvalue weighted by Crippen LogP contribution is -2.05. The van der Waals surface area contributed by atoms with E-state index in [0.717, 1.165) is 5.92 Å². The van der Waals surface area contributed by atoms with Crippen LogP contribution in [0.5, 0.6) is 0 Å². The van der Waals surface area contributed by atoms with Crippen molar-refractivity contribution in [2.45, 2.75) is 71.6 Å². The van der Waals surface area contributed by atoms with E-state index in [1.54, 1.807) is 0 Å². The van der Waals surface area contributed by atoms with Crippen molar-refractivity contribution >= 4 is 10.8 Å². The highest BCUT2D eigenvalue weighted by atomic mass is 14.1. The van der Waals surface area contributed by atoms with Gasteiger partial charge in [-0.1, -0.05) is 108 Å². The lowest BCUT2D eigenvalue weighted by atomic mass is 9.88. The molecule has 120 valence electrons. The van der Waals surface area contributed by atoms with Gasteiger partial charge in [0.05, 0.1) is 0 Å². The Hall–Kier alpha value is -1.30. The standard InChI is InChI=1S/C22H32/c1-3-5-7-8-12-19(11-6-4-2)17-20-15-16-21-13-9-10-14-22(21)18-20/h9-10,13-16,18-19H,3-8,11-12,17H2,1-2H3. The topological polar surface area (TPSA) is 0 Å². The summed E-state index contributed by atoms with van der Waals surface area (Å²) in [6.45, 7) is 4.60. The Morgan fingerprint density at radius 3 is 2.23 bits per heavy atom. The number of fused-ring (bicyclic) bond motifs is 1. The van der Waals surface area contributed by atoms with E-state index < -0.39 is 0 Å². The summed E-state index contributed by atoms with van der Waals surface area (Å²) in [5.74, 6) is 0.873. The predicted octanol–water partition coefficient (Wildman–Crippen LogP) is 7.16. The summed E-state index contributed by atoms with van der Waals surface area (Å²) in [4.78, 5) is 0. The minimum absolute atomic E-state index is 0.873. The van der Waals surface area contributed by atoms with Crippen LogP contribution in [0.15, 0.2) is 42.5 Å². The van der Waals surface area contributed by atoms with Crippen molar-refractivity contribution in [2.75, 3.05) is 0 Å². The van der Waals surface area contributed by atoms with Crippen molar-refractivity contribution in [3.8, 4) is 0 Å². The van der Waals surface area contributed by atoms with Gasteiger partial charge < -0.3 is 0 Å². The Morgan fingerprint density at radius 1 is 0.727 bits per heavy atom. The average molecular weight is 296 g/mol. The van der Waals surface area contributed by atoms with Gasteiger partial charge in [0.1, 0.15) is 0 Å². The Labute approximate surface area is 136 Å². The molecule has 0 saturated carbocycles. The van der Waals surface area contributed by atoms with Gasteiger partial charge in [0, 0.05) is 0 Å². The smallest absolute Gasteiger partial charge is 0.0181 e. The summed E-state index contributed by atoms with van der Waals surface area (Å²) in [5.41, 5.74) is 1.52. The number of rotatable bonds is 10. The largest absolute Gasteiger partial charge is 0.0654 e. The van der Waals surface area contributed by atoms with Gasteiger partial charge in [-0.15, -0.1) is 0 Å². The van der Waals surface area contributed by atoms with E-state index in [4.69, 9.17) is 0 Å². The van der Waals surface area contributed by atoms with Crippen LogP contribution in [0.25, 0.3) is 10.8 Å². The zero-order valence-corrected chi connectivity index (χ0v) is 14.5. The van der Waals surface area contributed by atoms with E-state index >= 15 is 0 Å². The molecule has 0 N–H and O–H groups in total. The normalized spacial score (nSPS) is 12.6. The summed E-state index contributed by atoms with van der Waals surface area (Å²) >= 11 is 0. The summed E-state index contributed by atoms with van der Waals surface area (Å²) in [7, 11) is 0. The van der Waals surface area contributed by atoms with Crippen molar-refractivity contribution in [3.05, 3.63) is 48.0 Å². The van der Waals surface area contributed by atoms with Crippen LogP contribution in [0.1, 0.15) is 70.8 Å². The van der Waals surface area contributed by atoms with E-state index in [1.165, 1.54) is 74.1 Å². The number of hydrogen-bond acceptors (Lipinski definition) is 0. The first kappa shape index (κ1) is 17.1. The molecule has 0 radical (unpaired) electrons. The monoisotopic (exact) mass is 296 g/mol. The Bertz CT molecular complexity index is 540. The van der Waals surface area contributed by atoms with E-state index in [0.29, 0.717) is 0 Å². The first-order valence-corrected chi connectivity index (χ1v) is 9.31. The van der Waals surface area contributed by atoms with Crippen molar-refractivity contribution in [3.63, 3.8) is 0 Å². The molecule has 0 spiro atoms. The molecule has 2 aromatic rings. The fourth-order valence-electron chi connectivity index (χ4n) is 3.40. The molecule has 2 aromatic carbocycles. The molecule has 0 heteroatoms. The Balaban J connectivity index is 1.96. The Morgan fingerprint density at radius 2 is 1.45 bits per heavy atom. The average Bonchev–Trinajstić information content (AvgIpc) is 2.56. The van der Waals surface area contributed by atoms with Crippen molar-refractivity contribution < 1.29 is 0 Å². The first-order chi connectivity index (χ1) is 10.8. The minimum Gasteiger partial charge on any atom is -0.0654 e. The molecule has 0 aliphatic carbocycles. The maximum absolute atomic E-state index is 2.40. The van der Waals surface area contributed by atoms with Crippen LogP contribution in [0.3, 0.4) is 0 Å². The summed E-state index contributed by atoms with van der Waals surface area (Å²) in [6.07, 6.45) is 12.3. The fourth-order valence-corrected chi connectivity index (χ4v) is 3.40. The molecule has 0 aliphatic heterocycles. The SMILES string of the molecule is CCCCCCC(CCCC)Cc1ccc2ccccc2c1. The van der Waals surface area contributed by atoms with Crippen LogP contribution >= 0.6 is 0 Å². The third-order valence-electron chi connectivity index (χ3n) is 4.77. The summed E-state index contributed by atoms with van der Waals surface area (Å²) in [6, 6.07) is 15.7. The van der Waals surface area contributed by atoms with Gasteiger partial charge in [-0.2, -0.15) is 0 Å². The molecule has 0 aliphatic rings. The van der Waals surface area contributed by atoms with Crippen LogP contribution in [0.2, 0.25) is 0 Å². The van der Waals surface area contributed by atoms with Gasteiger partial charge in [0.25, 0.3) is 0 Å². The first-order valence-electron chi connectivity index (χ1n) is 9.31. The van der Waals surface area contributed by atoms with E-state index in [1.807, 2.05) is 0 Å². The van der Waals surface area contributed by atoms with E-state index in [9.17, 15) is 0 Å². The molecule has 1 unspecified atom stereocenters. The maximum atomic E-state index is 2.40. The van der Waals surface area contributed by atoms with Gasteiger partial charge in [0.15, 0.2) is 0 Å². The highest BCUT2D eigenvalue weighted by Crippen LogP contribution is 2.24. The lowest BCUT2D eigenvalue weighted by Gasteiger charge is -2.17. The molecule has 22 heavy (non-hydrogen) atoms. The molecule has 0 nitrogen and oxygen atoms in total. The van der Waals surface area contributed by atoms with Crippen LogP contribution < -0.4 is 0 Å². The third kappa shape index (κ3) is 5.48. The number of benzene rings is 2. The molecular formula is C22H32. The number of unbranched alkanes of at least 4 members (excludes halogenated alkanes) is 4. The summed E-state index contributed by atoms with van der Waals surface area (Å²) < 4.78 is 0. The Kier molecular flexibility index (Phi) is 7.49. The quantitative estimate of drug-likeness (QED) is 0.408. The molecule has 0 fully saturated rings. The van der Waals surface area contributed by atoms with Gasteiger partial charge in [-0.05, 0) is 28.7 Å². The van der Waals surface area contributed by atoms with Crippen LogP contribution in [-0.2, 0) is 6.42 Å². The number of hydrogen-bond donors (Lipinski definition) is 0. The highest BCUT2D eigenvalue weighted by Gasteiger charge is 2.10. The van der Waals surface area contributed by atoms with Gasteiger partial charge in [0.2, 0.25) is 0 Å². The van der Waals surface area contributed by atoms with Gasteiger partial charge in [-0.25, -0.2) is 0 Å². The minimum atomic E-state index is 0.873. The molecular weight excluding hydrogens is 264 g/mol. The molecule has 0 aromatic heterocycles. The second kappa shape index (κ2) is 9.66. The van der Waals surface area contributed by atoms with Crippen LogP contribution in [0.4, 0.5) is 0 Å². The van der Waals surface area contributed by atoms with Crippen molar-refractivity contribution in [1.82, 2.24) is 0 Å². The van der Waals surface area contributed by atoms with Gasteiger partial charge >= 0.3 is 0 Å². The van der Waals surface area contributed by atoms with E-state index in [2.05, 4.69) is 56.3 Å². The zero-order valence-electron chi connectivity index (χ0n) is 14.5. The second-order valence-electron chi connectivity index (χ2n) is 6.74. The molecule has 0 heterocycles. The third-order valence-corrected chi connectivity index (χ3v) is 4.77. The molecule has 0 amide bonds. The summed E-state index contributed by atoms with van der Waals surface area (Å²) in [5, 5.41) is 2.75. The molecule has 0 saturated heterocycles. The van der Waals surface area contributed by atoms with Crippen LogP contribution in [0, 0.1) is 5.92 Å². The molecule has 2 rings (SSSR count). The second-order valence-corrected chi connectivity index (χ2v) is 6.74. The highest BCUT2D eigenvalue weighted by molar-refractivity contribution is 5.82. The lowest BCUT2D eigenvalue weighted by molar-refractivity contribution is 0.410.